The number of pyridine rings is 1. The maximum absolute atomic E-state index is 9.24. The Morgan fingerprint density at radius 2 is 2.18 bits per heavy atom. The number of aromatic nitrogens is 1. The predicted molar refractivity (Wildman–Crippen MR) is 66.0 cm³/mol. The van der Waals surface area contributed by atoms with Gasteiger partial charge in [0.25, 0.3) is 0 Å². The fourth-order valence-electron chi connectivity index (χ4n) is 1.41. The Morgan fingerprint density at radius 1 is 1.47 bits per heavy atom. The number of hydrogen-bond donors (Lipinski definition) is 3. The summed E-state index contributed by atoms with van der Waals surface area (Å²) in [7, 11) is 1.67. The number of nitrogens with zero attached hydrogens (tertiary/aromatic N) is 4. The van der Waals surface area contributed by atoms with Crippen molar-refractivity contribution in [3.63, 3.8) is 0 Å². The van der Waals surface area contributed by atoms with Crippen LogP contribution in [0, 0.1) is 5.41 Å². The van der Waals surface area contributed by atoms with E-state index >= 15 is 0 Å². The number of nitrogen functional groups attached to an aromatic ring is 1. The van der Waals surface area contributed by atoms with Crippen LogP contribution in [0.4, 0.5) is 11.6 Å². The molecule has 17 heavy (non-hydrogen) atoms. The molecule has 1 aromatic heterocycles. The molecule has 1 aliphatic rings. The van der Waals surface area contributed by atoms with Gasteiger partial charge in [-0.05, 0) is 19.1 Å². The molecule has 0 fully saturated rings. The number of amidine groups is 1. The molecule has 1 aromatic rings. The Morgan fingerprint density at radius 3 is 2.71 bits per heavy atom. The van der Waals surface area contributed by atoms with E-state index in [1.807, 2.05) is 0 Å². The van der Waals surface area contributed by atoms with E-state index in [4.69, 9.17) is 11.1 Å². The van der Waals surface area contributed by atoms with Crippen molar-refractivity contribution in [2.45, 2.75) is 6.92 Å². The lowest BCUT2D eigenvalue weighted by molar-refractivity contribution is 0.476. The van der Waals surface area contributed by atoms with E-state index in [1.165, 1.54) is 17.1 Å². The lowest BCUT2D eigenvalue weighted by atomic mass is 10.2. The summed E-state index contributed by atoms with van der Waals surface area (Å²) in [6.07, 6.45) is 0. The van der Waals surface area contributed by atoms with Gasteiger partial charge in [0.05, 0.1) is 5.71 Å². The molecule has 7 heteroatoms. The Kier molecular flexibility index (Phi) is 2.51. The first-order chi connectivity index (χ1) is 7.99. The van der Waals surface area contributed by atoms with E-state index in [-0.39, 0.29) is 17.4 Å². The lowest BCUT2D eigenvalue weighted by Crippen LogP contribution is -2.23. The average Bonchev–Trinajstić information content (AvgIpc) is 2.50. The van der Waals surface area contributed by atoms with Gasteiger partial charge in [0.15, 0.2) is 23.2 Å². The van der Waals surface area contributed by atoms with Crippen LogP contribution in [-0.2, 0) is 0 Å². The molecule has 0 amide bonds. The molecule has 0 bridgehead atoms. The summed E-state index contributed by atoms with van der Waals surface area (Å²) in [5, 5.41) is 22.5. The summed E-state index contributed by atoms with van der Waals surface area (Å²) < 4.78 is 0. The minimum atomic E-state index is -0.0852. The number of aliphatic imine (C=N–C) groups is 1. The Hall–Kier alpha value is -2.44. The fourth-order valence-corrected chi connectivity index (χ4v) is 1.41. The zero-order valence-electron chi connectivity index (χ0n) is 9.47. The topological polar surface area (TPSA) is 111 Å². The first kappa shape index (κ1) is 11.1. The maximum Gasteiger partial charge on any atom is 0.169 e. The van der Waals surface area contributed by atoms with Crippen molar-refractivity contribution in [1.29, 1.82) is 5.41 Å². The number of hydrogen-bond acceptors (Lipinski definition) is 6. The Balaban J connectivity index is 2.40. The lowest BCUT2D eigenvalue weighted by Gasteiger charge is -2.04. The van der Waals surface area contributed by atoms with Gasteiger partial charge in [0.1, 0.15) is 5.71 Å². The molecule has 4 N–H and O–H groups in total. The van der Waals surface area contributed by atoms with E-state index in [0.29, 0.717) is 17.2 Å². The van der Waals surface area contributed by atoms with Crippen molar-refractivity contribution < 1.29 is 5.11 Å². The van der Waals surface area contributed by atoms with Crippen LogP contribution in [0.3, 0.4) is 0 Å². The minimum absolute atomic E-state index is 0.0133. The normalized spacial score (nSPS) is 17.8. The van der Waals surface area contributed by atoms with Crippen molar-refractivity contribution in [2.75, 3.05) is 12.8 Å². The summed E-state index contributed by atoms with van der Waals surface area (Å²) in [6, 6.07) is 2.94. The highest BCUT2D eigenvalue weighted by Crippen LogP contribution is 2.21. The molecule has 0 atom stereocenters. The second-order valence-corrected chi connectivity index (χ2v) is 3.59. The number of hydrazone groups is 1. The van der Waals surface area contributed by atoms with Crippen LogP contribution in [-0.4, -0.2) is 39.4 Å². The van der Waals surface area contributed by atoms with E-state index in [1.54, 1.807) is 14.0 Å². The highest BCUT2D eigenvalue weighted by atomic mass is 16.3. The molecule has 0 radical (unpaired) electrons. The van der Waals surface area contributed by atoms with Crippen LogP contribution in [0.2, 0.25) is 0 Å². The second kappa shape index (κ2) is 3.85. The summed E-state index contributed by atoms with van der Waals surface area (Å²) in [4.78, 5) is 8.09. The monoisotopic (exact) mass is 232 g/mol. The smallest absolute Gasteiger partial charge is 0.169 e. The number of aromatic hydroxyl groups is 1. The minimum Gasteiger partial charge on any atom is -0.504 e. The van der Waals surface area contributed by atoms with Gasteiger partial charge in [-0.3, -0.25) is 5.41 Å². The van der Waals surface area contributed by atoms with Gasteiger partial charge in [0.2, 0.25) is 0 Å². The number of anilines is 1. The molecule has 0 unspecified atom stereocenters. The van der Waals surface area contributed by atoms with Crippen LogP contribution in [0.25, 0.3) is 0 Å². The molecule has 0 aromatic carbocycles. The Labute approximate surface area is 97.8 Å². The zero-order chi connectivity index (χ0) is 12.6. The molecular weight excluding hydrogens is 220 g/mol. The number of nitrogens with one attached hydrogen (secondary N) is 1. The molecule has 7 nitrogen and oxygen atoms in total. The zero-order valence-corrected chi connectivity index (χ0v) is 9.47. The third kappa shape index (κ3) is 1.94. The molecule has 0 saturated carbocycles. The first-order valence-corrected chi connectivity index (χ1v) is 4.91. The van der Waals surface area contributed by atoms with Gasteiger partial charge < -0.3 is 10.8 Å². The SMILES string of the molecule is CC1=NN(C)C(=N)C1=Nc1ccc(O)c(N)n1. The van der Waals surface area contributed by atoms with Gasteiger partial charge in [-0.1, -0.05) is 0 Å². The Bertz CT molecular complexity index is 548. The molecule has 0 saturated heterocycles. The first-order valence-electron chi connectivity index (χ1n) is 4.91. The molecule has 1 aliphatic heterocycles. The number of rotatable bonds is 1. The maximum atomic E-state index is 9.24. The van der Waals surface area contributed by atoms with Gasteiger partial charge in [0, 0.05) is 7.05 Å². The van der Waals surface area contributed by atoms with Crippen LogP contribution in [0.5, 0.6) is 5.75 Å². The molecule has 88 valence electrons. The molecule has 0 aliphatic carbocycles. The van der Waals surface area contributed by atoms with Crippen molar-refractivity contribution in [3.8, 4) is 5.75 Å². The van der Waals surface area contributed by atoms with Crippen molar-refractivity contribution in [2.24, 2.45) is 10.1 Å². The van der Waals surface area contributed by atoms with E-state index < -0.39 is 0 Å². The largest absolute Gasteiger partial charge is 0.504 e. The molecule has 2 heterocycles. The van der Waals surface area contributed by atoms with E-state index in [0.717, 1.165) is 0 Å². The summed E-state index contributed by atoms with van der Waals surface area (Å²) in [6.45, 7) is 1.76. The standard InChI is InChI=1S/C10H12N6O/c1-5-8(10(12)16(2)15-5)13-7-4-3-6(17)9(11)14-7/h3-4,12,17H,1-2H3,(H2,11,14). The average molecular weight is 232 g/mol. The third-order valence-electron chi connectivity index (χ3n) is 2.30. The van der Waals surface area contributed by atoms with E-state index in [9.17, 15) is 5.11 Å². The molecular formula is C10H12N6O. The highest BCUT2D eigenvalue weighted by Gasteiger charge is 2.22. The van der Waals surface area contributed by atoms with Gasteiger partial charge in [-0.15, -0.1) is 0 Å². The number of nitrogens with two attached hydrogens (primary N) is 1. The van der Waals surface area contributed by atoms with Gasteiger partial charge >= 0.3 is 0 Å². The predicted octanol–water partition coefficient (Wildman–Crippen LogP) is 0.740. The highest BCUT2D eigenvalue weighted by molar-refractivity contribution is 6.69. The fraction of sp³-hybridized carbons (Fsp3) is 0.200. The molecule has 0 spiro atoms. The van der Waals surface area contributed by atoms with Crippen LogP contribution in [0.1, 0.15) is 6.92 Å². The quantitative estimate of drug-likeness (QED) is 0.663. The van der Waals surface area contributed by atoms with Gasteiger partial charge in [-0.2, -0.15) is 5.10 Å². The van der Waals surface area contributed by atoms with Crippen LogP contribution >= 0.6 is 0 Å². The second-order valence-electron chi connectivity index (χ2n) is 3.59. The van der Waals surface area contributed by atoms with Crippen LogP contribution in [0.15, 0.2) is 22.2 Å². The summed E-state index contributed by atoms with van der Waals surface area (Å²) >= 11 is 0. The third-order valence-corrected chi connectivity index (χ3v) is 2.30. The van der Waals surface area contributed by atoms with Crippen LogP contribution < -0.4 is 5.73 Å². The van der Waals surface area contributed by atoms with Gasteiger partial charge in [-0.25, -0.2) is 15.0 Å². The summed E-state index contributed by atoms with van der Waals surface area (Å²) in [5.41, 5.74) is 6.56. The van der Waals surface area contributed by atoms with Crippen molar-refractivity contribution in [3.05, 3.63) is 12.1 Å². The van der Waals surface area contributed by atoms with Crippen molar-refractivity contribution >= 4 is 28.9 Å². The molecule has 2 rings (SSSR count). The summed E-state index contributed by atoms with van der Waals surface area (Å²) in [5.74, 6) is 0.470. The van der Waals surface area contributed by atoms with E-state index in [2.05, 4.69) is 15.1 Å². The van der Waals surface area contributed by atoms with Crippen molar-refractivity contribution in [1.82, 2.24) is 9.99 Å².